The van der Waals surface area contributed by atoms with Gasteiger partial charge in [0, 0.05) is 30.6 Å². The predicted molar refractivity (Wildman–Crippen MR) is 146 cm³/mol. The summed E-state index contributed by atoms with van der Waals surface area (Å²) in [5, 5.41) is 13.1. The second-order valence-electron chi connectivity index (χ2n) is 10.4. The Labute approximate surface area is 252 Å². The van der Waals surface area contributed by atoms with Crippen molar-refractivity contribution < 1.29 is 40.7 Å². The number of ketones is 1. The van der Waals surface area contributed by atoms with Gasteiger partial charge in [-0.1, -0.05) is 46.6 Å². The second-order valence-corrected chi connectivity index (χ2v) is 11.2. The molecule has 43 heavy (non-hydrogen) atoms. The van der Waals surface area contributed by atoms with Crippen molar-refractivity contribution in [2.24, 2.45) is 0 Å². The molecule has 0 saturated carbocycles. The Balaban J connectivity index is 1.78. The summed E-state index contributed by atoms with van der Waals surface area (Å²) in [7, 11) is 0. The van der Waals surface area contributed by atoms with Crippen LogP contribution in [0, 0.1) is 0 Å². The average molecular weight is 654 g/mol. The van der Waals surface area contributed by atoms with E-state index in [1.54, 1.807) is 45.0 Å². The van der Waals surface area contributed by atoms with E-state index in [0.29, 0.717) is 22.7 Å². The molecule has 0 aliphatic heterocycles. The van der Waals surface area contributed by atoms with Gasteiger partial charge in [0.15, 0.2) is 16.6 Å². The van der Waals surface area contributed by atoms with Crippen LogP contribution in [0.3, 0.4) is 0 Å². The van der Waals surface area contributed by atoms with E-state index in [1.807, 2.05) is 0 Å². The Kier molecular flexibility index (Phi) is 10.7. The first kappa shape index (κ1) is 34.1. The number of nitrogens with zero attached hydrogens (tertiary/aromatic N) is 3. The number of halogens is 8. The molecular weight excluding hydrogens is 627 g/mol. The highest BCUT2D eigenvalue weighted by Crippen LogP contribution is 2.36. The number of alkyl carbamates (subject to hydrolysis) is 1. The molecule has 0 bridgehead atoms. The molecule has 2 N–H and O–H groups in total. The van der Waals surface area contributed by atoms with E-state index in [9.17, 15) is 35.9 Å². The Morgan fingerprint density at radius 3 is 2.12 bits per heavy atom. The summed E-state index contributed by atoms with van der Waals surface area (Å²) >= 11 is 12.6. The number of aromatic nitrogens is 3. The summed E-state index contributed by atoms with van der Waals surface area (Å²) < 4.78 is 85.5. The smallest absolute Gasteiger partial charge is 0.416 e. The van der Waals surface area contributed by atoms with Crippen molar-refractivity contribution in [3.8, 4) is 0 Å². The van der Waals surface area contributed by atoms with E-state index in [2.05, 4.69) is 20.9 Å². The van der Waals surface area contributed by atoms with Crippen LogP contribution in [0.1, 0.15) is 66.0 Å². The second kappa shape index (κ2) is 13.5. The zero-order valence-electron chi connectivity index (χ0n) is 23.0. The fourth-order valence-electron chi connectivity index (χ4n) is 3.91. The van der Waals surface area contributed by atoms with Crippen molar-refractivity contribution in [2.45, 2.75) is 57.7 Å². The summed E-state index contributed by atoms with van der Waals surface area (Å²) in [4.78, 5) is 25.1. The van der Waals surface area contributed by atoms with Crippen molar-refractivity contribution in [2.75, 3.05) is 13.1 Å². The molecule has 0 aliphatic carbocycles. The van der Waals surface area contributed by atoms with E-state index in [-0.39, 0.29) is 36.4 Å². The molecular formula is C27H27Cl2F6N5O3. The normalized spacial score (nSPS) is 13.1. The fourth-order valence-corrected chi connectivity index (χ4v) is 4.42. The molecule has 16 heteroatoms. The predicted octanol–water partition coefficient (Wildman–Crippen LogP) is 7.10. The Morgan fingerprint density at radius 2 is 1.56 bits per heavy atom. The van der Waals surface area contributed by atoms with Crippen LogP contribution in [0.5, 0.6) is 0 Å². The summed E-state index contributed by atoms with van der Waals surface area (Å²) in [6.07, 6.45) is -11.0. The fraction of sp³-hybridized carbons (Fsp3) is 0.407. The minimum Gasteiger partial charge on any atom is -0.444 e. The minimum absolute atomic E-state index is 0.00624. The molecule has 234 valence electrons. The number of Topliss-reactive ketones (excluding diaryl/α,β-unsaturated/α-hetero) is 1. The van der Waals surface area contributed by atoms with E-state index in [1.165, 1.54) is 0 Å². The maximum absolute atomic E-state index is 13.3. The van der Waals surface area contributed by atoms with Gasteiger partial charge in [0.25, 0.3) is 0 Å². The lowest BCUT2D eigenvalue weighted by Crippen LogP contribution is -2.37. The molecule has 0 aliphatic rings. The van der Waals surface area contributed by atoms with Gasteiger partial charge in [-0.25, -0.2) is 9.48 Å². The SMILES string of the molecule is CC(C)(C)OC(=O)NCCNC(CC(=O)c1nnn(Cc2cc(C(F)(F)F)cc(C(F)(F)F)c2)c1Cl)c1ccccc1Cl. The van der Waals surface area contributed by atoms with Crippen LogP contribution in [-0.2, 0) is 23.6 Å². The van der Waals surface area contributed by atoms with Gasteiger partial charge >= 0.3 is 18.4 Å². The van der Waals surface area contributed by atoms with Crippen molar-refractivity contribution >= 4 is 35.1 Å². The highest BCUT2D eigenvalue weighted by atomic mass is 35.5. The minimum atomic E-state index is -5.04. The summed E-state index contributed by atoms with van der Waals surface area (Å²) in [5.74, 6) is -0.631. The molecule has 1 unspecified atom stereocenters. The molecule has 0 fully saturated rings. The lowest BCUT2D eigenvalue weighted by Gasteiger charge is -2.21. The van der Waals surface area contributed by atoms with Gasteiger partial charge in [-0.2, -0.15) is 26.3 Å². The number of rotatable bonds is 10. The Hall–Kier alpha value is -3.36. The highest BCUT2D eigenvalue weighted by Gasteiger charge is 2.37. The van der Waals surface area contributed by atoms with Crippen molar-refractivity contribution in [3.63, 3.8) is 0 Å². The molecule has 0 spiro atoms. The topological polar surface area (TPSA) is 98.1 Å². The van der Waals surface area contributed by atoms with Crippen LogP contribution < -0.4 is 10.6 Å². The summed E-state index contributed by atoms with van der Waals surface area (Å²) in [6, 6.07) is 7.07. The zero-order chi connectivity index (χ0) is 32.2. The van der Waals surface area contributed by atoms with Gasteiger partial charge in [0.1, 0.15) is 5.60 Å². The van der Waals surface area contributed by atoms with Gasteiger partial charge in [-0.05, 0) is 56.2 Å². The molecule has 2 aromatic carbocycles. The zero-order valence-corrected chi connectivity index (χ0v) is 24.5. The number of carbonyl (C=O) groups is 2. The number of amides is 1. The van der Waals surface area contributed by atoms with Crippen LogP contribution in [0.2, 0.25) is 10.2 Å². The number of hydrogen-bond donors (Lipinski definition) is 2. The maximum Gasteiger partial charge on any atom is 0.416 e. The highest BCUT2D eigenvalue weighted by molar-refractivity contribution is 6.32. The van der Waals surface area contributed by atoms with E-state index < -0.39 is 59.1 Å². The van der Waals surface area contributed by atoms with E-state index in [0.717, 1.165) is 4.68 Å². The Bertz CT molecular complexity index is 1420. The number of hydrogen-bond acceptors (Lipinski definition) is 6. The van der Waals surface area contributed by atoms with Crippen molar-refractivity contribution in [3.05, 3.63) is 80.6 Å². The van der Waals surface area contributed by atoms with Crippen LogP contribution >= 0.6 is 23.2 Å². The van der Waals surface area contributed by atoms with Crippen LogP contribution in [0.25, 0.3) is 0 Å². The molecule has 8 nitrogen and oxygen atoms in total. The molecule has 1 atom stereocenters. The third-order valence-corrected chi connectivity index (χ3v) is 6.49. The van der Waals surface area contributed by atoms with Gasteiger partial charge in [0.2, 0.25) is 0 Å². The molecule has 3 aromatic rings. The third kappa shape index (κ3) is 9.83. The molecule has 0 saturated heterocycles. The monoisotopic (exact) mass is 653 g/mol. The van der Waals surface area contributed by atoms with Gasteiger partial charge < -0.3 is 15.4 Å². The summed E-state index contributed by atoms with van der Waals surface area (Å²) in [5.41, 5.74) is -3.89. The van der Waals surface area contributed by atoms with Gasteiger partial charge in [0.05, 0.1) is 17.7 Å². The van der Waals surface area contributed by atoms with Crippen LogP contribution in [0.4, 0.5) is 31.1 Å². The van der Waals surface area contributed by atoms with Crippen LogP contribution in [0.15, 0.2) is 42.5 Å². The number of nitrogens with one attached hydrogen (secondary N) is 2. The van der Waals surface area contributed by atoms with Crippen LogP contribution in [-0.4, -0.2) is 45.6 Å². The largest absolute Gasteiger partial charge is 0.444 e. The van der Waals surface area contributed by atoms with E-state index in [4.69, 9.17) is 27.9 Å². The quantitative estimate of drug-likeness (QED) is 0.138. The molecule has 1 heterocycles. The molecule has 1 aromatic heterocycles. The van der Waals surface area contributed by atoms with Gasteiger partial charge in [-0.15, -0.1) is 5.10 Å². The van der Waals surface area contributed by atoms with Gasteiger partial charge in [-0.3, -0.25) is 4.79 Å². The first-order valence-corrected chi connectivity index (χ1v) is 13.5. The maximum atomic E-state index is 13.3. The molecule has 1 amide bonds. The summed E-state index contributed by atoms with van der Waals surface area (Å²) in [6.45, 7) is 4.85. The van der Waals surface area contributed by atoms with Crippen molar-refractivity contribution in [1.29, 1.82) is 0 Å². The number of alkyl halides is 6. The first-order valence-electron chi connectivity index (χ1n) is 12.7. The van der Waals surface area contributed by atoms with E-state index >= 15 is 0 Å². The Morgan fingerprint density at radius 1 is 0.953 bits per heavy atom. The van der Waals surface area contributed by atoms with Crippen molar-refractivity contribution in [1.82, 2.24) is 25.6 Å². The number of ether oxygens (including phenoxy) is 1. The first-order chi connectivity index (χ1) is 19.8. The lowest BCUT2D eigenvalue weighted by molar-refractivity contribution is -0.143. The standard InChI is InChI=1S/C27H27Cl2F6N5O3/c1-25(2,3)43-24(42)37-9-8-36-20(18-6-4-5-7-19(18)28)13-21(41)22-23(29)40(39-38-22)14-15-10-16(26(30,31)32)12-17(11-15)27(33,34)35/h4-7,10-12,20,36H,8-9,13-14H2,1-3H3,(H,37,42). The lowest BCUT2D eigenvalue weighted by atomic mass is 10.00. The average Bonchev–Trinajstić information content (AvgIpc) is 3.23. The number of carbonyl (C=O) groups excluding carboxylic acids is 2. The molecule has 0 radical (unpaired) electrons. The third-order valence-electron chi connectivity index (χ3n) is 5.77. The molecule has 3 rings (SSSR count). The number of benzene rings is 2.